The van der Waals surface area contributed by atoms with Crippen LogP contribution in [0.5, 0.6) is 5.75 Å². The third-order valence-corrected chi connectivity index (χ3v) is 3.46. The highest BCUT2D eigenvalue weighted by atomic mass is 16.5. The Balaban J connectivity index is 2.03. The summed E-state index contributed by atoms with van der Waals surface area (Å²) in [5.74, 6) is 0.365. The summed E-state index contributed by atoms with van der Waals surface area (Å²) in [6.07, 6.45) is 0. The number of likely N-dealkylation sites (N-methyl/N-ethyl adjacent to an activating group) is 1. The Bertz CT molecular complexity index is 601. The van der Waals surface area contributed by atoms with E-state index in [2.05, 4.69) is 18.7 Å². The van der Waals surface area contributed by atoms with Crippen molar-refractivity contribution in [3.8, 4) is 5.75 Å². The molecule has 1 heterocycles. The zero-order valence-corrected chi connectivity index (χ0v) is 12.7. The van der Waals surface area contributed by atoms with E-state index in [1.54, 1.807) is 19.2 Å². The Kier molecular flexibility index (Phi) is 5.22. The van der Waals surface area contributed by atoms with Crippen LogP contribution in [-0.4, -0.2) is 44.2 Å². The van der Waals surface area contributed by atoms with Gasteiger partial charge in [0, 0.05) is 11.9 Å². The molecule has 2 aromatic rings. The van der Waals surface area contributed by atoms with Crippen molar-refractivity contribution in [2.24, 2.45) is 0 Å². The van der Waals surface area contributed by atoms with Crippen molar-refractivity contribution in [3.63, 3.8) is 0 Å². The highest BCUT2D eigenvalue weighted by Crippen LogP contribution is 2.28. The lowest BCUT2D eigenvalue weighted by Gasteiger charge is -2.17. The fourth-order valence-corrected chi connectivity index (χ4v) is 2.18. The average molecular weight is 291 g/mol. The van der Waals surface area contributed by atoms with E-state index < -0.39 is 5.97 Å². The Morgan fingerprint density at radius 3 is 2.71 bits per heavy atom. The van der Waals surface area contributed by atoms with Crippen LogP contribution < -0.4 is 4.74 Å². The van der Waals surface area contributed by atoms with E-state index in [1.807, 2.05) is 12.1 Å². The van der Waals surface area contributed by atoms with Crippen LogP contribution >= 0.6 is 0 Å². The molecule has 5 nitrogen and oxygen atoms in total. The number of hydrogen-bond acceptors (Lipinski definition) is 5. The number of carbonyl (C=O) groups is 1. The third-order valence-electron chi connectivity index (χ3n) is 3.46. The first-order valence-corrected chi connectivity index (χ1v) is 7.15. The smallest absolute Gasteiger partial charge is 0.374 e. The predicted octanol–water partition coefficient (Wildman–Crippen LogP) is 2.94. The molecule has 0 amide bonds. The van der Waals surface area contributed by atoms with Crippen molar-refractivity contribution < 1.29 is 18.7 Å². The van der Waals surface area contributed by atoms with Gasteiger partial charge in [0.2, 0.25) is 5.76 Å². The molecule has 0 spiro atoms. The Morgan fingerprint density at radius 1 is 1.29 bits per heavy atom. The van der Waals surface area contributed by atoms with E-state index in [4.69, 9.17) is 13.9 Å². The molecule has 1 aromatic heterocycles. The van der Waals surface area contributed by atoms with Crippen LogP contribution in [-0.2, 0) is 4.74 Å². The molecular weight excluding hydrogens is 270 g/mol. The number of rotatable bonds is 7. The minimum atomic E-state index is -0.444. The molecule has 1 aromatic carbocycles. The van der Waals surface area contributed by atoms with E-state index in [0.29, 0.717) is 17.9 Å². The van der Waals surface area contributed by atoms with Gasteiger partial charge in [0.05, 0.1) is 7.11 Å². The number of esters is 1. The van der Waals surface area contributed by atoms with Gasteiger partial charge in [-0.3, -0.25) is 0 Å². The van der Waals surface area contributed by atoms with Crippen LogP contribution in [0.4, 0.5) is 0 Å². The number of furan rings is 1. The fourth-order valence-electron chi connectivity index (χ4n) is 2.18. The van der Waals surface area contributed by atoms with Gasteiger partial charge in [-0.15, -0.1) is 0 Å². The van der Waals surface area contributed by atoms with Crippen LogP contribution in [0, 0.1) is 0 Å². The first-order chi connectivity index (χ1) is 10.2. The predicted molar refractivity (Wildman–Crippen MR) is 80.8 cm³/mol. The van der Waals surface area contributed by atoms with E-state index in [0.717, 1.165) is 25.0 Å². The number of para-hydroxylation sites is 1. The van der Waals surface area contributed by atoms with Gasteiger partial charge in [-0.1, -0.05) is 26.0 Å². The van der Waals surface area contributed by atoms with E-state index in [9.17, 15) is 4.79 Å². The number of fused-ring (bicyclic) bond motifs is 1. The maximum Gasteiger partial charge on any atom is 0.374 e. The Morgan fingerprint density at radius 2 is 2.05 bits per heavy atom. The Hall–Kier alpha value is -2.01. The zero-order chi connectivity index (χ0) is 15.2. The molecule has 0 atom stereocenters. The largest absolute Gasteiger partial charge is 0.493 e. The summed E-state index contributed by atoms with van der Waals surface area (Å²) >= 11 is 0. The molecule has 5 heteroatoms. The van der Waals surface area contributed by atoms with Crippen molar-refractivity contribution in [1.82, 2.24) is 4.90 Å². The fraction of sp³-hybridized carbons (Fsp3) is 0.438. The molecular formula is C16H21NO4. The first kappa shape index (κ1) is 15.4. The number of carbonyl (C=O) groups excluding carboxylic acids is 1. The molecule has 0 radical (unpaired) electrons. The summed E-state index contributed by atoms with van der Waals surface area (Å²) in [5, 5.41) is 0.824. The summed E-state index contributed by atoms with van der Waals surface area (Å²) in [4.78, 5) is 14.2. The van der Waals surface area contributed by atoms with E-state index in [-0.39, 0.29) is 5.76 Å². The lowest BCUT2D eigenvalue weighted by Crippen LogP contribution is -2.27. The second-order valence-electron chi connectivity index (χ2n) is 4.65. The third kappa shape index (κ3) is 3.55. The van der Waals surface area contributed by atoms with Crippen LogP contribution in [0.1, 0.15) is 24.4 Å². The summed E-state index contributed by atoms with van der Waals surface area (Å²) < 4.78 is 16.0. The van der Waals surface area contributed by atoms with Gasteiger partial charge in [0.25, 0.3) is 0 Å². The maximum absolute atomic E-state index is 12.0. The van der Waals surface area contributed by atoms with Crippen molar-refractivity contribution in [1.29, 1.82) is 0 Å². The number of nitrogens with zero attached hydrogens (tertiary/aromatic N) is 1. The van der Waals surface area contributed by atoms with Gasteiger partial charge in [-0.2, -0.15) is 0 Å². The molecule has 2 rings (SSSR count). The van der Waals surface area contributed by atoms with Crippen molar-refractivity contribution >= 4 is 16.9 Å². The highest BCUT2D eigenvalue weighted by Gasteiger charge is 2.16. The minimum absolute atomic E-state index is 0.203. The molecule has 21 heavy (non-hydrogen) atoms. The second-order valence-corrected chi connectivity index (χ2v) is 4.65. The van der Waals surface area contributed by atoms with Crippen molar-refractivity contribution in [2.75, 3.05) is 33.4 Å². The van der Waals surface area contributed by atoms with Crippen molar-refractivity contribution in [3.05, 3.63) is 30.0 Å². The molecule has 0 aliphatic rings. The first-order valence-electron chi connectivity index (χ1n) is 7.15. The van der Waals surface area contributed by atoms with Crippen LogP contribution in [0.25, 0.3) is 11.0 Å². The summed E-state index contributed by atoms with van der Waals surface area (Å²) in [5.41, 5.74) is 0.565. The van der Waals surface area contributed by atoms with Gasteiger partial charge in [-0.05, 0) is 25.2 Å². The lowest BCUT2D eigenvalue weighted by molar-refractivity contribution is 0.0433. The van der Waals surface area contributed by atoms with E-state index >= 15 is 0 Å². The van der Waals surface area contributed by atoms with Gasteiger partial charge >= 0.3 is 5.97 Å². The van der Waals surface area contributed by atoms with Crippen LogP contribution in [0.15, 0.2) is 28.7 Å². The molecule has 0 N–H and O–H groups in total. The number of methoxy groups -OCH3 is 1. The monoisotopic (exact) mass is 291 g/mol. The highest BCUT2D eigenvalue weighted by molar-refractivity contribution is 5.94. The molecule has 0 aliphatic heterocycles. The summed E-state index contributed by atoms with van der Waals surface area (Å²) in [6, 6.07) is 7.19. The number of benzene rings is 1. The molecule has 0 bridgehead atoms. The number of hydrogen-bond donors (Lipinski definition) is 0. The average Bonchev–Trinajstić information content (AvgIpc) is 2.95. The summed E-state index contributed by atoms with van der Waals surface area (Å²) in [7, 11) is 1.57. The van der Waals surface area contributed by atoms with Gasteiger partial charge in [0.15, 0.2) is 11.3 Å². The summed E-state index contributed by atoms with van der Waals surface area (Å²) in [6.45, 7) is 7.12. The molecule has 0 saturated carbocycles. The molecule has 0 aliphatic carbocycles. The molecule has 0 saturated heterocycles. The SMILES string of the molecule is CCN(CC)CCOC(=O)c1cc2cccc(OC)c2o1. The van der Waals surface area contributed by atoms with Crippen LogP contribution in [0.2, 0.25) is 0 Å². The van der Waals surface area contributed by atoms with Crippen LogP contribution in [0.3, 0.4) is 0 Å². The molecule has 0 fully saturated rings. The zero-order valence-electron chi connectivity index (χ0n) is 12.7. The van der Waals surface area contributed by atoms with E-state index in [1.165, 1.54) is 0 Å². The van der Waals surface area contributed by atoms with Gasteiger partial charge < -0.3 is 18.8 Å². The maximum atomic E-state index is 12.0. The normalized spacial score (nSPS) is 11.0. The van der Waals surface area contributed by atoms with Crippen molar-refractivity contribution in [2.45, 2.75) is 13.8 Å². The van der Waals surface area contributed by atoms with Gasteiger partial charge in [0.1, 0.15) is 6.61 Å². The molecule has 114 valence electrons. The Labute approximate surface area is 124 Å². The second kappa shape index (κ2) is 7.13. The quantitative estimate of drug-likeness (QED) is 0.734. The standard InChI is InChI=1S/C16H21NO4/c1-4-17(5-2)9-10-20-16(18)14-11-12-7-6-8-13(19-3)15(12)21-14/h6-8,11H,4-5,9-10H2,1-3H3. The lowest BCUT2D eigenvalue weighted by atomic mass is 10.2. The number of ether oxygens (including phenoxy) is 2. The van der Waals surface area contributed by atoms with Gasteiger partial charge in [-0.25, -0.2) is 4.79 Å². The topological polar surface area (TPSA) is 51.9 Å². The minimum Gasteiger partial charge on any atom is -0.493 e. The molecule has 0 unspecified atom stereocenters.